The second-order valence-electron chi connectivity index (χ2n) is 1.81. The molecule has 58 valence electrons. The first-order valence-corrected chi connectivity index (χ1v) is 4.37. The first-order chi connectivity index (χ1) is 5.29. The third-order valence-electron chi connectivity index (χ3n) is 0.971. The summed E-state index contributed by atoms with van der Waals surface area (Å²) in [5.41, 5.74) is 0. The van der Waals surface area contributed by atoms with Gasteiger partial charge in [0.2, 0.25) is 5.24 Å². The van der Waals surface area contributed by atoms with Crippen LogP contribution in [0.5, 0.6) is 0 Å². The zero-order valence-corrected chi connectivity index (χ0v) is 7.23. The molecule has 0 amide bonds. The molecule has 4 heteroatoms. The Kier molecular flexibility index (Phi) is 3.39. The van der Waals surface area contributed by atoms with Crippen LogP contribution in [0.15, 0.2) is 29.4 Å². The monoisotopic (exact) mass is 187 g/mol. The van der Waals surface area contributed by atoms with Gasteiger partial charge in [0.05, 0.1) is 10.8 Å². The molecule has 0 radical (unpaired) electrons. The number of hydrogen-bond donors (Lipinski definition) is 0. The Bertz CT molecular complexity index is 239. The molecule has 0 aliphatic carbocycles. The van der Waals surface area contributed by atoms with Gasteiger partial charge >= 0.3 is 0 Å². The van der Waals surface area contributed by atoms with E-state index < -0.39 is 0 Å². The molecule has 0 bridgehead atoms. The highest BCUT2D eigenvalue weighted by Gasteiger charge is 1.97. The molecule has 0 unspecified atom stereocenters. The number of hydrogen-bond acceptors (Lipinski definition) is 3. The van der Waals surface area contributed by atoms with Crippen LogP contribution in [-0.2, 0) is 4.79 Å². The minimum absolute atomic E-state index is 0.276. The molecular weight excluding hydrogens is 182 g/mol. The molecule has 1 heterocycles. The van der Waals surface area contributed by atoms with Crippen molar-refractivity contribution in [3.8, 4) is 0 Å². The van der Waals surface area contributed by atoms with Crippen LogP contribution in [0.2, 0.25) is 0 Å². The average molecular weight is 188 g/mol. The second-order valence-corrected chi connectivity index (χ2v) is 3.23. The number of thioether (sulfide) groups is 1. The maximum atomic E-state index is 10.3. The van der Waals surface area contributed by atoms with Gasteiger partial charge in [0.25, 0.3) is 0 Å². The summed E-state index contributed by atoms with van der Waals surface area (Å²) >= 11 is 6.48. The lowest BCUT2D eigenvalue weighted by atomic mass is 10.5. The van der Waals surface area contributed by atoms with Gasteiger partial charge in [0, 0.05) is 6.20 Å². The zero-order valence-electron chi connectivity index (χ0n) is 5.66. The van der Waals surface area contributed by atoms with Crippen LogP contribution >= 0.6 is 23.4 Å². The van der Waals surface area contributed by atoms with Crippen LogP contribution in [0, 0.1) is 0 Å². The average Bonchev–Trinajstić information content (AvgIpc) is 2.03. The summed E-state index contributed by atoms with van der Waals surface area (Å²) in [6, 6.07) is 5.53. The molecule has 0 N–H and O–H groups in total. The highest BCUT2D eigenvalue weighted by molar-refractivity contribution is 8.00. The lowest BCUT2D eigenvalue weighted by Gasteiger charge is -1.93. The normalized spacial score (nSPS) is 9.55. The van der Waals surface area contributed by atoms with Gasteiger partial charge in [-0.05, 0) is 23.7 Å². The molecule has 0 saturated heterocycles. The standard InChI is InChI=1S/C7H6ClNOS/c8-6(10)5-11-7-3-1-2-4-9-7/h1-4H,5H2. The van der Waals surface area contributed by atoms with E-state index in [1.165, 1.54) is 11.8 Å². The number of halogens is 1. The second kappa shape index (κ2) is 4.36. The maximum Gasteiger partial charge on any atom is 0.231 e. The van der Waals surface area contributed by atoms with Crippen molar-refractivity contribution in [2.24, 2.45) is 0 Å². The van der Waals surface area contributed by atoms with Gasteiger partial charge in [0.15, 0.2) is 0 Å². The highest BCUT2D eigenvalue weighted by Crippen LogP contribution is 2.13. The molecule has 0 spiro atoms. The minimum atomic E-state index is -0.347. The van der Waals surface area contributed by atoms with Crippen LogP contribution < -0.4 is 0 Å². The lowest BCUT2D eigenvalue weighted by molar-refractivity contribution is -0.109. The van der Waals surface area contributed by atoms with Crippen molar-refractivity contribution in [1.29, 1.82) is 0 Å². The molecule has 0 atom stereocenters. The molecule has 0 aliphatic heterocycles. The summed E-state index contributed by atoms with van der Waals surface area (Å²) in [4.78, 5) is 14.3. The van der Waals surface area contributed by atoms with E-state index in [0.29, 0.717) is 0 Å². The zero-order chi connectivity index (χ0) is 8.10. The highest BCUT2D eigenvalue weighted by atomic mass is 35.5. The number of rotatable bonds is 3. The number of aromatic nitrogens is 1. The van der Waals surface area contributed by atoms with E-state index in [9.17, 15) is 4.79 Å². The van der Waals surface area contributed by atoms with Crippen molar-refractivity contribution in [2.75, 3.05) is 5.75 Å². The van der Waals surface area contributed by atoms with Crippen LogP contribution in [0.1, 0.15) is 0 Å². The third-order valence-corrected chi connectivity index (χ3v) is 2.21. The summed E-state index contributed by atoms with van der Waals surface area (Å²) in [5, 5.41) is 0.474. The van der Waals surface area contributed by atoms with Crippen molar-refractivity contribution in [3.63, 3.8) is 0 Å². The predicted octanol–water partition coefficient (Wildman–Crippen LogP) is 1.94. The van der Waals surface area contributed by atoms with Crippen molar-refractivity contribution >= 4 is 28.6 Å². The summed E-state index contributed by atoms with van der Waals surface area (Å²) in [5.74, 6) is 0.276. The quantitative estimate of drug-likeness (QED) is 0.535. The first kappa shape index (κ1) is 8.56. The largest absolute Gasteiger partial charge is 0.280 e. The van der Waals surface area contributed by atoms with Gasteiger partial charge in [-0.2, -0.15) is 0 Å². The minimum Gasteiger partial charge on any atom is -0.280 e. The number of nitrogens with zero attached hydrogens (tertiary/aromatic N) is 1. The molecule has 0 saturated carbocycles. The van der Waals surface area contributed by atoms with E-state index >= 15 is 0 Å². The molecule has 0 aliphatic rings. The van der Waals surface area contributed by atoms with Gasteiger partial charge in [-0.3, -0.25) is 4.79 Å². The first-order valence-electron chi connectivity index (χ1n) is 3.01. The SMILES string of the molecule is O=C(Cl)CSc1ccccn1. The topological polar surface area (TPSA) is 30.0 Å². The van der Waals surface area contributed by atoms with Gasteiger partial charge < -0.3 is 0 Å². The Labute approximate surface area is 74.0 Å². The van der Waals surface area contributed by atoms with E-state index in [4.69, 9.17) is 11.6 Å². The molecule has 0 fully saturated rings. The lowest BCUT2D eigenvalue weighted by Crippen LogP contribution is -1.89. The maximum absolute atomic E-state index is 10.3. The fraction of sp³-hybridized carbons (Fsp3) is 0.143. The van der Waals surface area contributed by atoms with Crippen LogP contribution in [0.3, 0.4) is 0 Å². The van der Waals surface area contributed by atoms with E-state index in [0.717, 1.165) is 5.03 Å². The summed E-state index contributed by atoms with van der Waals surface area (Å²) in [6.07, 6.45) is 1.68. The molecule has 1 rings (SSSR count). The van der Waals surface area contributed by atoms with E-state index in [-0.39, 0.29) is 11.0 Å². The number of pyridine rings is 1. The summed E-state index contributed by atoms with van der Waals surface area (Å²) in [6.45, 7) is 0. The van der Waals surface area contributed by atoms with Gasteiger partial charge in [-0.15, -0.1) is 0 Å². The molecule has 2 nitrogen and oxygen atoms in total. The smallest absolute Gasteiger partial charge is 0.231 e. The number of carbonyl (C=O) groups excluding carboxylic acids is 1. The molecule has 0 aromatic carbocycles. The van der Waals surface area contributed by atoms with Crippen LogP contribution in [-0.4, -0.2) is 16.0 Å². The van der Waals surface area contributed by atoms with Crippen molar-refractivity contribution in [3.05, 3.63) is 24.4 Å². The Hall–Kier alpha value is -0.540. The summed E-state index contributed by atoms with van der Waals surface area (Å²) < 4.78 is 0. The van der Waals surface area contributed by atoms with E-state index in [2.05, 4.69) is 4.98 Å². The fourth-order valence-corrected chi connectivity index (χ4v) is 1.30. The Balaban J connectivity index is 2.45. The van der Waals surface area contributed by atoms with Crippen molar-refractivity contribution in [1.82, 2.24) is 4.98 Å². The van der Waals surface area contributed by atoms with Gasteiger partial charge in [0.1, 0.15) is 0 Å². The third kappa shape index (κ3) is 3.39. The predicted molar refractivity (Wildman–Crippen MR) is 45.8 cm³/mol. The molecule has 11 heavy (non-hydrogen) atoms. The molecular formula is C7H6ClNOS. The Morgan fingerprint density at radius 3 is 3.00 bits per heavy atom. The van der Waals surface area contributed by atoms with Crippen molar-refractivity contribution in [2.45, 2.75) is 5.03 Å². The Morgan fingerprint density at radius 2 is 2.45 bits per heavy atom. The van der Waals surface area contributed by atoms with Crippen molar-refractivity contribution < 1.29 is 4.79 Å². The van der Waals surface area contributed by atoms with E-state index in [1.54, 1.807) is 6.20 Å². The Morgan fingerprint density at radius 1 is 1.64 bits per heavy atom. The van der Waals surface area contributed by atoms with Gasteiger partial charge in [-0.1, -0.05) is 17.8 Å². The number of carbonyl (C=O) groups is 1. The van der Waals surface area contributed by atoms with E-state index in [1.807, 2.05) is 18.2 Å². The van der Waals surface area contributed by atoms with Crippen LogP contribution in [0.4, 0.5) is 0 Å². The van der Waals surface area contributed by atoms with Gasteiger partial charge in [-0.25, -0.2) is 4.98 Å². The summed E-state index contributed by atoms with van der Waals surface area (Å²) in [7, 11) is 0. The fourth-order valence-electron chi connectivity index (χ4n) is 0.563. The molecule has 1 aromatic heterocycles. The van der Waals surface area contributed by atoms with Crippen LogP contribution in [0.25, 0.3) is 0 Å². The molecule has 1 aromatic rings.